The molecule has 8 nitrogen and oxygen atoms in total. The molecule has 0 bridgehead atoms. The van der Waals surface area contributed by atoms with E-state index in [0.717, 1.165) is 11.1 Å². The number of imidazole rings is 1. The van der Waals surface area contributed by atoms with Gasteiger partial charge in [0.1, 0.15) is 22.8 Å². The molecule has 0 spiro atoms. The van der Waals surface area contributed by atoms with Crippen LogP contribution in [0.4, 0.5) is 14.5 Å². The van der Waals surface area contributed by atoms with Gasteiger partial charge >= 0.3 is 0 Å². The molecule has 0 aliphatic carbocycles. The monoisotopic (exact) mass is 523 g/mol. The summed E-state index contributed by atoms with van der Waals surface area (Å²) in [6.45, 7) is 5.43. The van der Waals surface area contributed by atoms with Crippen molar-refractivity contribution < 1.29 is 13.6 Å². The highest BCUT2D eigenvalue weighted by molar-refractivity contribution is 5.98. The van der Waals surface area contributed by atoms with Crippen LogP contribution in [0.1, 0.15) is 20.8 Å². The molecule has 0 radical (unpaired) electrons. The van der Waals surface area contributed by atoms with Crippen molar-refractivity contribution in [2.24, 2.45) is 5.41 Å². The number of aromatic nitrogens is 6. The maximum Gasteiger partial charge on any atom is 0.229 e. The molecular formula is C29H23F2N7O. The standard InChI is InChI=1S/C29H23F2N7O/c1-29(2,3)28(39)34-18-10-16(13-32-14-18)19-11-20-23(12-21(19)31)37-38-25(20)27-35-22-8-9-33-24(26(22)36-27)15-4-6-17(30)7-5-15/h4-14H,1-3H3,(H,34,39)(H,35,36)(H,37,38). The molecule has 0 fully saturated rings. The topological polar surface area (TPSA) is 112 Å². The van der Waals surface area contributed by atoms with Gasteiger partial charge in [0.15, 0.2) is 5.82 Å². The van der Waals surface area contributed by atoms with Crippen LogP contribution in [-0.4, -0.2) is 36.0 Å². The van der Waals surface area contributed by atoms with Crippen molar-refractivity contribution in [2.75, 3.05) is 5.32 Å². The molecule has 2 aromatic carbocycles. The third kappa shape index (κ3) is 4.50. The van der Waals surface area contributed by atoms with Gasteiger partial charge in [0.05, 0.1) is 28.6 Å². The third-order valence-electron chi connectivity index (χ3n) is 6.38. The SMILES string of the molecule is CC(C)(C)C(=O)Nc1cncc(-c2cc3c(-c4nc5c(-c6ccc(F)cc6)nccc5[nH]4)n[nH]c3cc2F)c1. The number of H-pyrrole nitrogens is 2. The Morgan fingerprint density at radius 3 is 2.49 bits per heavy atom. The second-order valence-electron chi connectivity index (χ2n) is 10.3. The Hall–Kier alpha value is -4.99. The quantitative estimate of drug-likeness (QED) is 0.244. The van der Waals surface area contributed by atoms with Crippen molar-refractivity contribution in [3.8, 4) is 33.9 Å². The van der Waals surface area contributed by atoms with Gasteiger partial charge in [-0.3, -0.25) is 19.9 Å². The van der Waals surface area contributed by atoms with Gasteiger partial charge in [0.25, 0.3) is 0 Å². The van der Waals surface area contributed by atoms with E-state index < -0.39 is 11.2 Å². The molecule has 1 amide bonds. The van der Waals surface area contributed by atoms with E-state index >= 15 is 4.39 Å². The lowest BCUT2D eigenvalue weighted by Gasteiger charge is -2.17. The predicted molar refractivity (Wildman–Crippen MR) is 146 cm³/mol. The molecule has 3 N–H and O–H groups in total. The zero-order valence-corrected chi connectivity index (χ0v) is 21.3. The molecular weight excluding hydrogens is 500 g/mol. The largest absolute Gasteiger partial charge is 0.336 e. The summed E-state index contributed by atoms with van der Waals surface area (Å²) in [5.74, 6) is -0.508. The van der Waals surface area contributed by atoms with Gasteiger partial charge in [0.2, 0.25) is 5.91 Å². The zero-order chi connectivity index (χ0) is 27.3. The van der Waals surface area contributed by atoms with E-state index in [-0.39, 0.29) is 11.7 Å². The van der Waals surface area contributed by atoms with Gasteiger partial charge in [0, 0.05) is 46.0 Å². The summed E-state index contributed by atoms with van der Waals surface area (Å²) in [7, 11) is 0. The lowest BCUT2D eigenvalue weighted by Crippen LogP contribution is -2.27. The first-order valence-electron chi connectivity index (χ1n) is 12.2. The number of rotatable bonds is 4. The van der Waals surface area contributed by atoms with E-state index in [9.17, 15) is 9.18 Å². The summed E-state index contributed by atoms with van der Waals surface area (Å²) >= 11 is 0. The van der Waals surface area contributed by atoms with E-state index in [4.69, 9.17) is 4.98 Å². The number of anilines is 1. The van der Waals surface area contributed by atoms with Gasteiger partial charge in [-0.05, 0) is 42.5 Å². The maximum absolute atomic E-state index is 15.2. The molecule has 6 rings (SSSR count). The molecule has 0 saturated carbocycles. The van der Waals surface area contributed by atoms with Gasteiger partial charge in [-0.15, -0.1) is 0 Å². The zero-order valence-electron chi connectivity index (χ0n) is 21.3. The van der Waals surface area contributed by atoms with Crippen LogP contribution in [-0.2, 0) is 4.79 Å². The Bertz CT molecular complexity index is 1870. The predicted octanol–water partition coefficient (Wildman–Crippen LogP) is 6.49. The van der Waals surface area contributed by atoms with Crippen molar-refractivity contribution in [3.05, 3.63) is 78.8 Å². The first kappa shape index (κ1) is 24.4. The van der Waals surface area contributed by atoms with Gasteiger partial charge in [-0.25, -0.2) is 13.8 Å². The van der Waals surface area contributed by atoms with Crippen LogP contribution < -0.4 is 5.32 Å². The summed E-state index contributed by atoms with van der Waals surface area (Å²) < 4.78 is 28.7. The highest BCUT2D eigenvalue weighted by Crippen LogP contribution is 2.34. The van der Waals surface area contributed by atoms with E-state index in [1.807, 2.05) is 20.8 Å². The summed E-state index contributed by atoms with van der Waals surface area (Å²) in [6, 6.07) is 12.6. The Kier molecular flexibility index (Phi) is 5.67. The molecule has 10 heteroatoms. The number of nitrogens with one attached hydrogen (secondary N) is 3. The Balaban J connectivity index is 1.42. The van der Waals surface area contributed by atoms with Crippen LogP contribution in [0.3, 0.4) is 0 Å². The summed E-state index contributed by atoms with van der Waals surface area (Å²) in [5, 5.41) is 10.8. The number of pyridine rings is 2. The summed E-state index contributed by atoms with van der Waals surface area (Å²) in [5.41, 5.74) is 4.32. The molecule has 39 heavy (non-hydrogen) atoms. The first-order chi connectivity index (χ1) is 18.7. The fourth-order valence-corrected chi connectivity index (χ4v) is 4.28. The first-order valence-corrected chi connectivity index (χ1v) is 12.2. The van der Waals surface area contributed by atoms with Crippen molar-refractivity contribution in [1.82, 2.24) is 30.1 Å². The Labute approximate surface area is 221 Å². The van der Waals surface area contributed by atoms with Crippen molar-refractivity contribution in [3.63, 3.8) is 0 Å². The highest BCUT2D eigenvalue weighted by atomic mass is 19.1. The van der Waals surface area contributed by atoms with Crippen LogP contribution in [0.2, 0.25) is 0 Å². The molecule has 4 aromatic heterocycles. The van der Waals surface area contributed by atoms with Crippen molar-refractivity contribution in [2.45, 2.75) is 20.8 Å². The highest BCUT2D eigenvalue weighted by Gasteiger charge is 2.22. The van der Waals surface area contributed by atoms with Gasteiger partial charge < -0.3 is 10.3 Å². The smallest absolute Gasteiger partial charge is 0.229 e. The fourth-order valence-electron chi connectivity index (χ4n) is 4.28. The summed E-state index contributed by atoms with van der Waals surface area (Å²) in [6.07, 6.45) is 4.71. The van der Waals surface area contributed by atoms with Crippen LogP contribution in [0.25, 0.3) is 55.8 Å². The number of amides is 1. The van der Waals surface area contributed by atoms with Crippen molar-refractivity contribution >= 4 is 33.5 Å². The number of hydrogen-bond acceptors (Lipinski definition) is 5. The van der Waals surface area contributed by atoms with Crippen LogP contribution in [0.5, 0.6) is 0 Å². The van der Waals surface area contributed by atoms with E-state index in [0.29, 0.717) is 50.4 Å². The Morgan fingerprint density at radius 2 is 1.72 bits per heavy atom. The third-order valence-corrected chi connectivity index (χ3v) is 6.38. The van der Waals surface area contributed by atoms with Crippen LogP contribution in [0.15, 0.2) is 67.1 Å². The molecule has 194 valence electrons. The normalized spacial score (nSPS) is 11.8. The fraction of sp³-hybridized carbons (Fsp3) is 0.138. The minimum Gasteiger partial charge on any atom is -0.336 e. The minimum absolute atomic E-state index is 0.172. The second kappa shape index (κ2) is 9.09. The number of benzene rings is 2. The number of nitrogens with zero attached hydrogens (tertiary/aromatic N) is 4. The number of carbonyl (C=O) groups is 1. The maximum atomic E-state index is 15.2. The van der Waals surface area contributed by atoms with E-state index in [2.05, 4.69) is 30.5 Å². The number of hydrogen-bond donors (Lipinski definition) is 3. The van der Waals surface area contributed by atoms with Crippen LogP contribution in [0, 0.1) is 17.0 Å². The van der Waals surface area contributed by atoms with E-state index in [1.165, 1.54) is 24.4 Å². The number of fused-ring (bicyclic) bond motifs is 2. The van der Waals surface area contributed by atoms with Crippen LogP contribution >= 0.6 is 0 Å². The molecule has 0 atom stereocenters. The van der Waals surface area contributed by atoms with E-state index in [1.54, 1.807) is 42.7 Å². The average molecular weight is 524 g/mol. The number of halogens is 2. The molecule has 0 unspecified atom stereocenters. The molecule has 0 aliphatic rings. The number of carbonyl (C=O) groups excluding carboxylic acids is 1. The Morgan fingerprint density at radius 1 is 0.923 bits per heavy atom. The minimum atomic E-state index is -0.593. The molecule has 4 heterocycles. The molecule has 0 aliphatic heterocycles. The van der Waals surface area contributed by atoms with Crippen molar-refractivity contribution in [1.29, 1.82) is 0 Å². The second-order valence-corrected chi connectivity index (χ2v) is 10.3. The number of aromatic amines is 2. The van der Waals surface area contributed by atoms with Gasteiger partial charge in [-0.2, -0.15) is 5.10 Å². The molecule has 6 aromatic rings. The lowest BCUT2D eigenvalue weighted by atomic mass is 9.95. The average Bonchev–Trinajstić information content (AvgIpc) is 3.52. The lowest BCUT2D eigenvalue weighted by molar-refractivity contribution is -0.123. The summed E-state index contributed by atoms with van der Waals surface area (Å²) in [4.78, 5) is 29.1. The van der Waals surface area contributed by atoms with Gasteiger partial charge in [-0.1, -0.05) is 20.8 Å². The molecule has 0 saturated heterocycles.